The van der Waals surface area contributed by atoms with Crippen molar-refractivity contribution in [3.8, 4) is 5.75 Å². The van der Waals surface area contributed by atoms with Gasteiger partial charge in [0.05, 0.1) is 6.61 Å². The van der Waals surface area contributed by atoms with E-state index in [0.717, 1.165) is 0 Å². The molecule has 2 rings (SSSR count). The first kappa shape index (κ1) is 22.4. The van der Waals surface area contributed by atoms with E-state index in [1.807, 2.05) is 6.92 Å². The van der Waals surface area contributed by atoms with Crippen LogP contribution in [0.4, 0.5) is 10.5 Å². The van der Waals surface area contributed by atoms with E-state index in [4.69, 9.17) is 9.47 Å². The van der Waals surface area contributed by atoms with Crippen molar-refractivity contribution in [3.63, 3.8) is 0 Å². The molecule has 0 fully saturated rings. The molecular formula is C21H23N3O6. The molecule has 1 atom stereocenters. The Hall–Kier alpha value is -3.88. The molecule has 0 heterocycles. The average molecular weight is 413 g/mol. The van der Waals surface area contributed by atoms with Gasteiger partial charge in [0.1, 0.15) is 12.3 Å². The first-order valence-corrected chi connectivity index (χ1v) is 9.26. The molecule has 1 unspecified atom stereocenters. The Balaban J connectivity index is 1.74. The molecule has 0 saturated heterocycles. The van der Waals surface area contributed by atoms with Gasteiger partial charge in [-0.05, 0) is 50.2 Å². The Bertz CT molecular complexity index is 883. The highest BCUT2D eigenvalue weighted by Crippen LogP contribution is 2.12. The number of urea groups is 1. The van der Waals surface area contributed by atoms with Crippen molar-refractivity contribution in [3.05, 3.63) is 60.2 Å². The highest BCUT2D eigenvalue weighted by atomic mass is 16.5. The van der Waals surface area contributed by atoms with E-state index in [2.05, 4.69) is 16.0 Å². The zero-order chi connectivity index (χ0) is 21.9. The number of carbonyl (C=O) groups is 4. The van der Waals surface area contributed by atoms with E-state index in [0.29, 0.717) is 23.6 Å². The number of amides is 4. The van der Waals surface area contributed by atoms with Crippen LogP contribution >= 0.6 is 0 Å². The summed E-state index contributed by atoms with van der Waals surface area (Å²) in [6, 6.07) is 14.2. The van der Waals surface area contributed by atoms with Gasteiger partial charge in [0.2, 0.25) is 0 Å². The molecule has 2 aromatic carbocycles. The van der Waals surface area contributed by atoms with Crippen LogP contribution in [0.5, 0.6) is 5.75 Å². The monoisotopic (exact) mass is 413 g/mol. The summed E-state index contributed by atoms with van der Waals surface area (Å²) in [7, 11) is 0. The van der Waals surface area contributed by atoms with Gasteiger partial charge >= 0.3 is 12.0 Å². The summed E-state index contributed by atoms with van der Waals surface area (Å²) < 4.78 is 10.2. The van der Waals surface area contributed by atoms with Crippen molar-refractivity contribution in [2.24, 2.45) is 0 Å². The summed E-state index contributed by atoms with van der Waals surface area (Å²) in [5, 5.41) is 6.95. The maximum absolute atomic E-state index is 12.1. The zero-order valence-corrected chi connectivity index (χ0v) is 16.6. The molecular weight excluding hydrogens is 390 g/mol. The molecule has 0 aliphatic rings. The summed E-state index contributed by atoms with van der Waals surface area (Å²) in [6.45, 7) is 3.25. The number of anilines is 1. The Morgan fingerprint density at radius 3 is 2.27 bits per heavy atom. The van der Waals surface area contributed by atoms with E-state index < -0.39 is 36.5 Å². The first-order chi connectivity index (χ1) is 14.4. The van der Waals surface area contributed by atoms with Crippen molar-refractivity contribution in [2.75, 3.05) is 18.5 Å². The number of para-hydroxylation sites is 1. The maximum Gasteiger partial charge on any atom is 0.326 e. The average Bonchev–Trinajstić information content (AvgIpc) is 2.73. The molecule has 4 amide bonds. The van der Waals surface area contributed by atoms with Gasteiger partial charge in [-0.15, -0.1) is 0 Å². The number of ether oxygens (including phenoxy) is 2. The van der Waals surface area contributed by atoms with Gasteiger partial charge in [-0.25, -0.2) is 4.79 Å². The molecule has 0 aliphatic heterocycles. The zero-order valence-electron chi connectivity index (χ0n) is 16.6. The van der Waals surface area contributed by atoms with Crippen LogP contribution < -0.4 is 20.7 Å². The summed E-state index contributed by atoms with van der Waals surface area (Å²) in [4.78, 5) is 47.7. The predicted octanol–water partition coefficient (Wildman–Crippen LogP) is 2.10. The van der Waals surface area contributed by atoms with Crippen molar-refractivity contribution in [1.29, 1.82) is 0 Å². The number of carbonyl (C=O) groups excluding carboxylic acids is 4. The molecule has 9 heteroatoms. The molecule has 30 heavy (non-hydrogen) atoms. The summed E-state index contributed by atoms with van der Waals surface area (Å²) in [6.07, 6.45) is -1.22. The molecule has 9 nitrogen and oxygen atoms in total. The Morgan fingerprint density at radius 2 is 1.63 bits per heavy atom. The highest BCUT2D eigenvalue weighted by molar-refractivity contribution is 6.03. The fraction of sp³-hybridized carbons (Fsp3) is 0.238. The smallest absolute Gasteiger partial charge is 0.326 e. The van der Waals surface area contributed by atoms with Gasteiger partial charge < -0.3 is 20.1 Å². The molecule has 0 saturated carbocycles. The largest absolute Gasteiger partial charge is 0.494 e. The lowest BCUT2D eigenvalue weighted by atomic mass is 10.2. The van der Waals surface area contributed by atoms with Gasteiger partial charge in [0.25, 0.3) is 11.8 Å². The second kappa shape index (κ2) is 11.2. The normalized spacial score (nSPS) is 11.0. The predicted molar refractivity (Wildman–Crippen MR) is 109 cm³/mol. The molecule has 0 aromatic heterocycles. The minimum absolute atomic E-state index is 0.342. The third-order valence-corrected chi connectivity index (χ3v) is 3.77. The third kappa shape index (κ3) is 7.27. The minimum Gasteiger partial charge on any atom is -0.494 e. The number of hydrogen-bond donors (Lipinski definition) is 3. The van der Waals surface area contributed by atoms with Crippen LogP contribution in [0.2, 0.25) is 0 Å². The molecule has 3 N–H and O–H groups in total. The van der Waals surface area contributed by atoms with Gasteiger partial charge in [0, 0.05) is 11.3 Å². The van der Waals surface area contributed by atoms with Crippen LogP contribution in [0, 0.1) is 0 Å². The number of benzene rings is 2. The van der Waals surface area contributed by atoms with Crippen LogP contribution in [0.25, 0.3) is 0 Å². The van der Waals surface area contributed by atoms with Gasteiger partial charge in [-0.3, -0.25) is 19.7 Å². The van der Waals surface area contributed by atoms with E-state index >= 15 is 0 Å². The third-order valence-electron chi connectivity index (χ3n) is 3.77. The standard InChI is InChI=1S/C21H23N3O6/c1-3-29-17-11-9-15(10-12-17)20(27)22-13-18(25)30-14(2)19(26)24-21(28)23-16-7-5-4-6-8-16/h4-12,14H,3,13H2,1-2H3,(H,22,27)(H2,23,24,26,28). The van der Waals surface area contributed by atoms with Crippen molar-refractivity contribution >= 4 is 29.5 Å². The van der Waals surface area contributed by atoms with Gasteiger partial charge in [-0.1, -0.05) is 18.2 Å². The second-order valence-corrected chi connectivity index (χ2v) is 6.08. The topological polar surface area (TPSA) is 123 Å². The fourth-order valence-corrected chi connectivity index (χ4v) is 2.31. The maximum atomic E-state index is 12.1. The number of rotatable bonds is 8. The van der Waals surface area contributed by atoms with Crippen molar-refractivity contribution < 1.29 is 28.7 Å². The van der Waals surface area contributed by atoms with Crippen LogP contribution in [0.1, 0.15) is 24.2 Å². The van der Waals surface area contributed by atoms with Crippen LogP contribution in [0.15, 0.2) is 54.6 Å². The first-order valence-electron chi connectivity index (χ1n) is 9.26. The number of hydrogen-bond acceptors (Lipinski definition) is 6. The van der Waals surface area contributed by atoms with Crippen LogP contribution in [-0.4, -0.2) is 43.1 Å². The Morgan fingerprint density at radius 1 is 0.967 bits per heavy atom. The highest BCUT2D eigenvalue weighted by Gasteiger charge is 2.20. The fourth-order valence-electron chi connectivity index (χ4n) is 2.31. The lowest BCUT2D eigenvalue weighted by Gasteiger charge is -2.13. The van der Waals surface area contributed by atoms with Crippen molar-refractivity contribution in [1.82, 2.24) is 10.6 Å². The summed E-state index contributed by atoms with van der Waals surface area (Å²) in [5.74, 6) is -1.46. The molecule has 0 bridgehead atoms. The van der Waals surface area contributed by atoms with Crippen LogP contribution in [0.3, 0.4) is 0 Å². The number of nitrogens with one attached hydrogen (secondary N) is 3. The van der Waals surface area contributed by atoms with E-state index in [-0.39, 0.29) is 0 Å². The lowest BCUT2D eigenvalue weighted by molar-refractivity contribution is -0.153. The summed E-state index contributed by atoms with van der Waals surface area (Å²) in [5.41, 5.74) is 0.846. The molecule has 2 aromatic rings. The minimum atomic E-state index is -1.22. The van der Waals surface area contributed by atoms with Crippen molar-refractivity contribution in [2.45, 2.75) is 20.0 Å². The number of esters is 1. The Labute approximate surface area is 173 Å². The SMILES string of the molecule is CCOc1ccc(C(=O)NCC(=O)OC(C)C(=O)NC(=O)Nc2ccccc2)cc1. The van der Waals surface area contributed by atoms with E-state index in [1.165, 1.54) is 6.92 Å². The van der Waals surface area contributed by atoms with E-state index in [1.54, 1.807) is 54.6 Å². The van der Waals surface area contributed by atoms with Gasteiger partial charge in [-0.2, -0.15) is 0 Å². The number of imide groups is 1. The summed E-state index contributed by atoms with van der Waals surface area (Å²) >= 11 is 0. The van der Waals surface area contributed by atoms with Crippen LogP contribution in [-0.2, 0) is 14.3 Å². The lowest BCUT2D eigenvalue weighted by Crippen LogP contribution is -2.42. The molecule has 0 spiro atoms. The molecule has 0 aliphatic carbocycles. The van der Waals surface area contributed by atoms with Gasteiger partial charge in [0.15, 0.2) is 6.10 Å². The Kier molecular flexibility index (Phi) is 8.37. The molecule has 158 valence electrons. The second-order valence-electron chi connectivity index (χ2n) is 6.08. The quantitative estimate of drug-likeness (QED) is 0.570. The van der Waals surface area contributed by atoms with E-state index in [9.17, 15) is 19.2 Å². The molecule has 0 radical (unpaired) electrons.